The standard InChI is InChI=1S/C26H23ClF2N8.H2S/c1-15-12-30-22(32-23-8-9-31-35(23)3)11-18(15)17-10-21-24-33-34-25(37(24)16(2)13-36(21)14-17)26(28,29)19-6-4-5-7-20(19)27;/h4-12,14,16H,13H2,1-3H3,(H,30,32);1H2/t16-;/m0./s1. The van der Waals surface area contributed by atoms with E-state index in [2.05, 4.69) is 25.6 Å². The second-order valence-corrected chi connectivity index (χ2v) is 9.64. The van der Waals surface area contributed by atoms with Gasteiger partial charge in [-0.1, -0.05) is 29.8 Å². The van der Waals surface area contributed by atoms with Crippen molar-refractivity contribution in [1.29, 1.82) is 0 Å². The molecule has 0 amide bonds. The lowest BCUT2D eigenvalue weighted by molar-refractivity contribution is 0.0269. The van der Waals surface area contributed by atoms with Gasteiger partial charge in [0.1, 0.15) is 11.6 Å². The minimum atomic E-state index is -3.40. The number of fused-ring (bicyclic) bond motifs is 3. The molecule has 1 aromatic carbocycles. The molecular formula is C26H25ClF2N8S. The highest BCUT2D eigenvalue weighted by atomic mass is 35.5. The van der Waals surface area contributed by atoms with Crippen molar-refractivity contribution in [2.45, 2.75) is 32.4 Å². The van der Waals surface area contributed by atoms with Gasteiger partial charge >= 0.3 is 5.92 Å². The van der Waals surface area contributed by atoms with E-state index >= 15 is 8.78 Å². The first-order valence-corrected chi connectivity index (χ1v) is 12.1. The van der Waals surface area contributed by atoms with Gasteiger partial charge in [0, 0.05) is 43.2 Å². The number of aryl methyl sites for hydroxylation is 2. The number of halogens is 3. The molecular weight excluding hydrogens is 530 g/mol. The van der Waals surface area contributed by atoms with E-state index in [1.165, 1.54) is 22.8 Å². The number of pyridine rings is 1. The van der Waals surface area contributed by atoms with Crippen LogP contribution < -0.4 is 5.32 Å². The summed E-state index contributed by atoms with van der Waals surface area (Å²) in [7, 11) is 1.85. The van der Waals surface area contributed by atoms with E-state index < -0.39 is 11.7 Å². The van der Waals surface area contributed by atoms with Gasteiger partial charge in [0.25, 0.3) is 0 Å². The van der Waals surface area contributed by atoms with Crippen molar-refractivity contribution >= 4 is 36.7 Å². The van der Waals surface area contributed by atoms with Crippen LogP contribution in [0.4, 0.5) is 20.4 Å². The first-order valence-electron chi connectivity index (χ1n) is 11.7. The van der Waals surface area contributed by atoms with Gasteiger partial charge in [0.2, 0.25) is 5.82 Å². The van der Waals surface area contributed by atoms with Crippen LogP contribution >= 0.6 is 25.1 Å². The number of nitrogens with zero attached hydrogens (tertiary/aromatic N) is 7. The van der Waals surface area contributed by atoms with E-state index in [0.717, 1.165) is 28.2 Å². The number of anilines is 2. The van der Waals surface area contributed by atoms with Crippen LogP contribution in [0.1, 0.15) is 29.9 Å². The summed E-state index contributed by atoms with van der Waals surface area (Å²) in [4.78, 5) is 4.50. The number of aromatic nitrogens is 7. The van der Waals surface area contributed by atoms with Crippen molar-refractivity contribution in [3.05, 3.63) is 83.0 Å². The third-order valence-corrected chi connectivity index (χ3v) is 7.04. The van der Waals surface area contributed by atoms with Gasteiger partial charge in [-0.15, -0.1) is 10.2 Å². The Morgan fingerprint density at radius 3 is 2.66 bits per heavy atom. The van der Waals surface area contributed by atoms with Gasteiger partial charge in [-0.3, -0.25) is 9.25 Å². The summed E-state index contributed by atoms with van der Waals surface area (Å²) in [6.07, 6.45) is 5.53. The monoisotopic (exact) mass is 554 g/mol. The second-order valence-electron chi connectivity index (χ2n) is 9.24. The molecule has 0 radical (unpaired) electrons. The number of hydrogen-bond acceptors (Lipinski definition) is 5. The van der Waals surface area contributed by atoms with E-state index in [9.17, 15) is 0 Å². The van der Waals surface area contributed by atoms with E-state index in [0.29, 0.717) is 18.2 Å². The van der Waals surface area contributed by atoms with Gasteiger partial charge in [0.05, 0.1) is 23.0 Å². The van der Waals surface area contributed by atoms with Crippen molar-refractivity contribution in [3.8, 4) is 22.6 Å². The molecule has 0 unspecified atom stereocenters. The first-order chi connectivity index (χ1) is 17.7. The predicted octanol–water partition coefficient (Wildman–Crippen LogP) is 6.08. The Kier molecular flexibility index (Phi) is 6.52. The largest absolute Gasteiger partial charge is 0.342 e. The zero-order chi connectivity index (χ0) is 25.9. The molecule has 0 bridgehead atoms. The lowest BCUT2D eigenvalue weighted by atomic mass is 10.0. The molecule has 0 saturated carbocycles. The van der Waals surface area contributed by atoms with Crippen molar-refractivity contribution in [2.24, 2.45) is 7.05 Å². The Morgan fingerprint density at radius 2 is 1.92 bits per heavy atom. The zero-order valence-corrected chi connectivity index (χ0v) is 22.6. The summed E-state index contributed by atoms with van der Waals surface area (Å²) < 4.78 is 36.6. The molecule has 0 spiro atoms. The molecule has 0 saturated heterocycles. The summed E-state index contributed by atoms with van der Waals surface area (Å²) in [6.45, 7) is 4.37. The molecule has 5 heterocycles. The molecule has 5 aromatic rings. The normalized spacial score (nSPS) is 14.5. The maximum Gasteiger partial charge on any atom is 0.333 e. The minimum absolute atomic E-state index is 0. The average Bonchev–Trinajstić information content (AvgIpc) is 3.59. The topological polar surface area (TPSA) is 78.4 Å². The predicted molar refractivity (Wildman–Crippen MR) is 147 cm³/mol. The summed E-state index contributed by atoms with van der Waals surface area (Å²) in [5.41, 5.74) is 3.33. The molecule has 1 atom stereocenters. The molecule has 12 heteroatoms. The van der Waals surface area contributed by atoms with Crippen LogP contribution in [-0.2, 0) is 19.5 Å². The third kappa shape index (κ3) is 4.15. The van der Waals surface area contributed by atoms with Gasteiger partial charge in [0.15, 0.2) is 5.82 Å². The van der Waals surface area contributed by atoms with Crippen LogP contribution in [-0.4, -0.2) is 34.1 Å². The van der Waals surface area contributed by atoms with E-state index in [4.69, 9.17) is 11.6 Å². The van der Waals surface area contributed by atoms with Gasteiger partial charge < -0.3 is 9.88 Å². The highest BCUT2D eigenvalue weighted by Crippen LogP contribution is 2.43. The minimum Gasteiger partial charge on any atom is -0.342 e. The number of nitrogens with one attached hydrogen (secondary N) is 1. The summed E-state index contributed by atoms with van der Waals surface area (Å²) >= 11 is 6.12. The molecule has 4 aromatic heterocycles. The van der Waals surface area contributed by atoms with Crippen LogP contribution in [0.25, 0.3) is 22.6 Å². The quantitative estimate of drug-likeness (QED) is 0.285. The molecule has 1 N–H and O–H groups in total. The maximum absolute atomic E-state index is 15.6. The molecule has 0 aliphatic carbocycles. The average molecular weight is 555 g/mol. The molecule has 1 aliphatic rings. The smallest absolute Gasteiger partial charge is 0.333 e. The fourth-order valence-electron chi connectivity index (χ4n) is 4.83. The molecule has 6 rings (SSSR count). The Balaban J connectivity index is 0.00000294. The lowest BCUT2D eigenvalue weighted by Gasteiger charge is -2.27. The van der Waals surface area contributed by atoms with Crippen molar-refractivity contribution in [2.75, 3.05) is 5.32 Å². The fraction of sp³-hybridized carbons (Fsp3) is 0.231. The number of rotatable bonds is 5. The third-order valence-electron chi connectivity index (χ3n) is 6.71. The van der Waals surface area contributed by atoms with Crippen LogP contribution in [0.3, 0.4) is 0 Å². The molecule has 196 valence electrons. The number of benzene rings is 1. The molecule has 38 heavy (non-hydrogen) atoms. The van der Waals surface area contributed by atoms with Crippen molar-refractivity contribution in [1.82, 2.24) is 34.1 Å². The van der Waals surface area contributed by atoms with Crippen molar-refractivity contribution in [3.63, 3.8) is 0 Å². The Morgan fingerprint density at radius 1 is 1.13 bits per heavy atom. The maximum atomic E-state index is 15.6. The van der Waals surface area contributed by atoms with E-state index in [1.807, 2.05) is 49.9 Å². The molecule has 8 nitrogen and oxygen atoms in total. The highest BCUT2D eigenvalue weighted by Gasteiger charge is 2.44. The summed E-state index contributed by atoms with van der Waals surface area (Å²) in [5, 5.41) is 15.6. The van der Waals surface area contributed by atoms with Crippen LogP contribution in [0.2, 0.25) is 5.02 Å². The SMILES string of the molecule is Cc1cnc(Nc2ccnn2C)cc1-c1cc2n(c1)C[C@H](C)n1c-2nnc1C(F)(F)c1ccccc1Cl.S. The van der Waals surface area contributed by atoms with E-state index in [1.54, 1.807) is 23.1 Å². The Hall–Kier alpha value is -3.70. The number of alkyl halides is 2. The van der Waals surface area contributed by atoms with Crippen molar-refractivity contribution < 1.29 is 8.78 Å². The Labute approximate surface area is 229 Å². The molecule has 0 fully saturated rings. The Bertz CT molecular complexity index is 1640. The van der Waals surface area contributed by atoms with E-state index in [-0.39, 0.29) is 30.1 Å². The first kappa shape index (κ1) is 25.9. The van der Waals surface area contributed by atoms with Crippen LogP contribution in [0, 0.1) is 6.92 Å². The van der Waals surface area contributed by atoms with Crippen LogP contribution in [0.15, 0.2) is 61.1 Å². The molecule has 1 aliphatic heterocycles. The number of hydrogen-bond donors (Lipinski definition) is 1. The second kappa shape index (κ2) is 9.55. The summed E-state index contributed by atoms with van der Waals surface area (Å²) in [5.74, 6) is -1.94. The lowest BCUT2D eigenvalue weighted by Crippen LogP contribution is -2.28. The zero-order valence-electron chi connectivity index (χ0n) is 20.8. The van der Waals surface area contributed by atoms with Gasteiger partial charge in [-0.25, -0.2) is 4.98 Å². The van der Waals surface area contributed by atoms with Crippen LogP contribution in [0.5, 0.6) is 0 Å². The van der Waals surface area contributed by atoms with Gasteiger partial charge in [-0.2, -0.15) is 27.4 Å². The highest BCUT2D eigenvalue weighted by molar-refractivity contribution is 7.59. The summed E-state index contributed by atoms with van der Waals surface area (Å²) in [6, 6.07) is 11.4. The fourth-order valence-corrected chi connectivity index (χ4v) is 5.08. The van der Waals surface area contributed by atoms with Gasteiger partial charge in [-0.05, 0) is 43.2 Å².